The van der Waals surface area contributed by atoms with E-state index in [1.807, 2.05) is 53.9 Å². The van der Waals surface area contributed by atoms with Crippen molar-refractivity contribution in [3.63, 3.8) is 0 Å². The summed E-state index contributed by atoms with van der Waals surface area (Å²) in [6.45, 7) is 4.05. The van der Waals surface area contributed by atoms with Gasteiger partial charge in [-0.3, -0.25) is 0 Å². The van der Waals surface area contributed by atoms with Gasteiger partial charge in [-0.2, -0.15) is 0 Å². The van der Waals surface area contributed by atoms with E-state index < -0.39 is 16.2 Å². The van der Waals surface area contributed by atoms with E-state index >= 15 is 0 Å². The third-order valence-electron chi connectivity index (χ3n) is 7.03. The van der Waals surface area contributed by atoms with E-state index in [0.29, 0.717) is 41.4 Å². The third-order valence-corrected chi connectivity index (χ3v) is 10.0. The number of ether oxygens (including phenoxy) is 2. The molecule has 1 aromatic heterocycles. The fraction of sp³-hybridized carbons (Fsp3) is 0.353. The summed E-state index contributed by atoms with van der Waals surface area (Å²) in [5.41, 5.74) is 2.49. The van der Waals surface area contributed by atoms with Crippen LogP contribution in [0, 0.1) is 0 Å². The molecule has 236 valence electrons. The molecular formula is C34H39NaO7S3. The first-order chi connectivity index (χ1) is 21.3. The standard InChI is InChI=1S/C34H40O7S3.Na/c1-2-3-20-41-27-13-15-28(16-14-27)43-32-17-12-25(22-33(32)44(37,38)39)30-10-6-7-11-31(30)34(36)26-21-29(42-24-26)23-40-19-9-5-4-8-18-35;/h6-7,10-17,21-22,24,34-36H,2-5,8-9,18-20,23H2,1H3,(H,37,38,39);/q;+1/p-1. The monoisotopic (exact) mass is 678 g/mol. The van der Waals surface area contributed by atoms with E-state index in [1.165, 1.54) is 29.2 Å². The van der Waals surface area contributed by atoms with Crippen LogP contribution < -0.4 is 34.3 Å². The van der Waals surface area contributed by atoms with Gasteiger partial charge in [-0.15, -0.1) is 11.3 Å². The van der Waals surface area contributed by atoms with Crippen molar-refractivity contribution in [3.05, 3.63) is 94.2 Å². The zero-order valence-electron chi connectivity index (χ0n) is 25.8. The topological polar surface area (TPSA) is 116 Å². The van der Waals surface area contributed by atoms with Crippen molar-refractivity contribution in [2.45, 2.75) is 72.8 Å². The quantitative estimate of drug-likeness (QED) is 0.0876. The van der Waals surface area contributed by atoms with Crippen molar-refractivity contribution in [1.29, 1.82) is 0 Å². The van der Waals surface area contributed by atoms with Crippen LogP contribution in [0.4, 0.5) is 0 Å². The molecule has 0 aliphatic heterocycles. The summed E-state index contributed by atoms with van der Waals surface area (Å²) in [5.74, 6) is 0.737. The first-order valence-corrected chi connectivity index (χ1v) is 17.9. The van der Waals surface area contributed by atoms with Crippen LogP contribution in [0.2, 0.25) is 0 Å². The van der Waals surface area contributed by atoms with Crippen LogP contribution in [0.15, 0.2) is 92.9 Å². The zero-order chi connectivity index (χ0) is 31.4. The number of unbranched alkanes of at least 4 members (excludes halogenated alkanes) is 4. The Hall–Kier alpha value is -1.70. The van der Waals surface area contributed by atoms with E-state index in [-0.39, 0.29) is 41.1 Å². The average Bonchev–Trinajstić information content (AvgIpc) is 3.50. The smallest absolute Gasteiger partial charge is 0.744 e. The van der Waals surface area contributed by atoms with Crippen LogP contribution in [0.1, 0.15) is 67.6 Å². The molecule has 4 rings (SSSR count). The van der Waals surface area contributed by atoms with Gasteiger partial charge in [0.05, 0.1) is 18.1 Å². The van der Waals surface area contributed by atoms with Gasteiger partial charge in [-0.25, -0.2) is 8.42 Å². The molecule has 11 heteroatoms. The Balaban J connectivity index is 0.00000552. The summed E-state index contributed by atoms with van der Waals surface area (Å²) in [5, 5.41) is 22.1. The molecule has 0 aliphatic rings. The van der Waals surface area contributed by atoms with E-state index in [0.717, 1.165) is 59.6 Å². The minimum absolute atomic E-state index is 0. The number of rotatable bonds is 18. The largest absolute Gasteiger partial charge is 1.00 e. The Kier molecular flexibility index (Phi) is 16.1. The molecule has 7 nitrogen and oxygen atoms in total. The van der Waals surface area contributed by atoms with Crippen molar-refractivity contribution in [1.82, 2.24) is 0 Å². The summed E-state index contributed by atoms with van der Waals surface area (Å²) < 4.78 is 48.7. The molecule has 0 spiro atoms. The van der Waals surface area contributed by atoms with Crippen LogP contribution in [-0.4, -0.2) is 43.0 Å². The molecule has 0 amide bonds. The molecular weight excluding hydrogens is 640 g/mol. The molecule has 0 bridgehead atoms. The Bertz CT molecular complexity index is 1570. The predicted molar refractivity (Wildman–Crippen MR) is 174 cm³/mol. The van der Waals surface area contributed by atoms with Crippen molar-refractivity contribution < 1.29 is 62.2 Å². The molecule has 0 saturated heterocycles. The Morgan fingerprint density at radius 2 is 1.69 bits per heavy atom. The van der Waals surface area contributed by atoms with Gasteiger partial charge in [0.2, 0.25) is 0 Å². The Morgan fingerprint density at radius 1 is 0.933 bits per heavy atom. The second-order valence-electron chi connectivity index (χ2n) is 10.4. The van der Waals surface area contributed by atoms with Crippen LogP contribution >= 0.6 is 23.1 Å². The Labute approximate surface area is 297 Å². The maximum atomic E-state index is 12.4. The van der Waals surface area contributed by atoms with Crippen molar-refractivity contribution in [2.75, 3.05) is 19.8 Å². The van der Waals surface area contributed by atoms with Gasteiger partial charge >= 0.3 is 29.6 Å². The Morgan fingerprint density at radius 3 is 2.42 bits per heavy atom. The number of thiophene rings is 1. The van der Waals surface area contributed by atoms with Crippen molar-refractivity contribution >= 4 is 33.2 Å². The summed E-state index contributed by atoms with van der Waals surface area (Å²) in [6, 6.07) is 21.3. The van der Waals surface area contributed by atoms with E-state index in [9.17, 15) is 18.1 Å². The molecule has 0 fully saturated rings. The molecule has 1 atom stereocenters. The van der Waals surface area contributed by atoms with Gasteiger partial charge in [0.1, 0.15) is 22.0 Å². The number of aliphatic hydroxyl groups is 2. The SMILES string of the molecule is CCCCOc1ccc(Sc2ccc(-c3ccccc3C(O)c3csc(COCCCCCCO)c3)cc2S(=O)(=O)[O-])cc1.[Na+]. The maximum absolute atomic E-state index is 12.4. The van der Waals surface area contributed by atoms with Gasteiger partial charge in [0.25, 0.3) is 0 Å². The molecule has 1 heterocycles. The van der Waals surface area contributed by atoms with Crippen LogP contribution in [-0.2, 0) is 21.5 Å². The number of hydrogen-bond donors (Lipinski definition) is 2. The summed E-state index contributed by atoms with van der Waals surface area (Å²) in [6.07, 6.45) is 4.81. The number of aliphatic hydroxyl groups excluding tert-OH is 2. The molecule has 0 radical (unpaired) electrons. The summed E-state index contributed by atoms with van der Waals surface area (Å²) in [7, 11) is -4.79. The summed E-state index contributed by atoms with van der Waals surface area (Å²) in [4.78, 5) is 1.80. The van der Waals surface area contributed by atoms with Gasteiger partial charge in [-0.05, 0) is 89.4 Å². The maximum Gasteiger partial charge on any atom is 1.00 e. The minimum Gasteiger partial charge on any atom is -0.744 e. The van der Waals surface area contributed by atoms with Crippen LogP contribution in [0.5, 0.6) is 5.75 Å². The minimum atomic E-state index is -4.79. The molecule has 1 unspecified atom stereocenters. The van der Waals surface area contributed by atoms with Gasteiger partial charge in [0.15, 0.2) is 0 Å². The van der Waals surface area contributed by atoms with Crippen molar-refractivity contribution in [3.8, 4) is 16.9 Å². The van der Waals surface area contributed by atoms with E-state index in [1.54, 1.807) is 18.2 Å². The van der Waals surface area contributed by atoms with Crippen LogP contribution in [0.3, 0.4) is 0 Å². The summed E-state index contributed by atoms with van der Waals surface area (Å²) >= 11 is 2.71. The van der Waals surface area contributed by atoms with E-state index in [4.69, 9.17) is 14.6 Å². The molecule has 0 saturated carbocycles. The predicted octanol–water partition coefficient (Wildman–Crippen LogP) is 4.80. The normalized spacial score (nSPS) is 12.1. The second kappa shape index (κ2) is 19.2. The molecule has 3 aromatic carbocycles. The molecule has 2 N–H and O–H groups in total. The molecule has 45 heavy (non-hydrogen) atoms. The average molecular weight is 679 g/mol. The first-order valence-electron chi connectivity index (χ1n) is 14.8. The molecule has 0 aliphatic carbocycles. The second-order valence-corrected chi connectivity index (χ2v) is 13.9. The molecule has 4 aromatic rings. The van der Waals surface area contributed by atoms with Gasteiger partial charge < -0.3 is 24.2 Å². The number of hydrogen-bond acceptors (Lipinski definition) is 9. The van der Waals surface area contributed by atoms with Gasteiger partial charge in [-0.1, -0.05) is 68.3 Å². The third kappa shape index (κ3) is 11.5. The number of benzene rings is 3. The van der Waals surface area contributed by atoms with E-state index in [2.05, 4.69) is 6.92 Å². The van der Waals surface area contributed by atoms with Gasteiger partial charge in [0, 0.05) is 27.9 Å². The van der Waals surface area contributed by atoms with Crippen LogP contribution in [0.25, 0.3) is 11.1 Å². The first kappa shape index (κ1) is 37.8. The fourth-order valence-corrected chi connectivity index (χ4v) is 7.34. The zero-order valence-corrected chi connectivity index (χ0v) is 30.3. The van der Waals surface area contributed by atoms with Crippen molar-refractivity contribution in [2.24, 2.45) is 0 Å². The fourth-order valence-electron chi connectivity index (χ4n) is 4.66.